The molecule has 2 aromatic rings. The van der Waals surface area contributed by atoms with Gasteiger partial charge in [0.15, 0.2) is 0 Å². The number of nitrogens with zero attached hydrogens (tertiary/aromatic N) is 2. The summed E-state index contributed by atoms with van der Waals surface area (Å²) in [7, 11) is 2.14. The van der Waals surface area contributed by atoms with Gasteiger partial charge in [0, 0.05) is 21.1 Å². The zero-order chi connectivity index (χ0) is 19.2. The summed E-state index contributed by atoms with van der Waals surface area (Å²) < 4.78 is 2.00. The molecule has 0 N–H and O–H groups in total. The van der Waals surface area contributed by atoms with Gasteiger partial charge in [-0.05, 0) is 50.0 Å². The molecule has 0 bridgehead atoms. The van der Waals surface area contributed by atoms with Crippen molar-refractivity contribution < 1.29 is 0 Å². The SMILES string of the molecule is CC(C)C(C#N)(CCCN(C)Cc1ccccc1)c1c(Br)cccc1Br. The maximum absolute atomic E-state index is 10.1. The summed E-state index contributed by atoms with van der Waals surface area (Å²) >= 11 is 7.33. The van der Waals surface area contributed by atoms with Gasteiger partial charge >= 0.3 is 0 Å². The summed E-state index contributed by atoms with van der Waals surface area (Å²) in [6.07, 6.45) is 1.81. The Morgan fingerprint density at radius 2 is 1.65 bits per heavy atom. The third-order valence-corrected chi connectivity index (χ3v) is 6.32. The normalized spacial score (nSPS) is 13.6. The Morgan fingerprint density at radius 3 is 2.19 bits per heavy atom. The van der Waals surface area contributed by atoms with Crippen LogP contribution in [-0.4, -0.2) is 18.5 Å². The van der Waals surface area contributed by atoms with E-state index in [4.69, 9.17) is 0 Å². The second kappa shape index (κ2) is 9.69. The van der Waals surface area contributed by atoms with Gasteiger partial charge in [0.2, 0.25) is 0 Å². The molecule has 0 aliphatic rings. The minimum absolute atomic E-state index is 0.224. The lowest BCUT2D eigenvalue weighted by molar-refractivity contribution is 0.285. The van der Waals surface area contributed by atoms with Crippen molar-refractivity contribution in [3.63, 3.8) is 0 Å². The Bertz CT molecular complexity index is 732. The van der Waals surface area contributed by atoms with E-state index in [1.807, 2.05) is 24.3 Å². The lowest BCUT2D eigenvalue weighted by Gasteiger charge is -2.33. The van der Waals surface area contributed by atoms with Crippen LogP contribution in [0.1, 0.15) is 37.8 Å². The van der Waals surface area contributed by atoms with Crippen LogP contribution in [0.4, 0.5) is 0 Å². The molecule has 0 spiro atoms. The van der Waals surface area contributed by atoms with E-state index < -0.39 is 5.41 Å². The van der Waals surface area contributed by atoms with Crippen LogP contribution in [0.15, 0.2) is 57.5 Å². The highest BCUT2D eigenvalue weighted by Crippen LogP contribution is 2.43. The Kier molecular flexibility index (Phi) is 7.88. The van der Waals surface area contributed by atoms with Gasteiger partial charge in [-0.15, -0.1) is 0 Å². The number of hydrogen-bond acceptors (Lipinski definition) is 2. The van der Waals surface area contributed by atoms with Gasteiger partial charge in [-0.25, -0.2) is 0 Å². The first-order valence-electron chi connectivity index (χ1n) is 8.99. The molecule has 0 saturated heterocycles. The quantitative estimate of drug-likeness (QED) is 0.431. The molecule has 0 fully saturated rings. The minimum atomic E-state index is -0.507. The Labute approximate surface area is 174 Å². The number of rotatable bonds is 8. The number of halogens is 2. The van der Waals surface area contributed by atoms with Crippen LogP contribution in [0.25, 0.3) is 0 Å². The fourth-order valence-electron chi connectivity index (χ4n) is 3.47. The van der Waals surface area contributed by atoms with E-state index in [1.165, 1.54) is 5.56 Å². The molecule has 0 aromatic heterocycles. The summed E-state index contributed by atoms with van der Waals surface area (Å²) in [5, 5.41) is 10.1. The molecule has 4 heteroatoms. The van der Waals surface area contributed by atoms with Crippen molar-refractivity contribution in [2.45, 2.75) is 38.6 Å². The van der Waals surface area contributed by atoms with Crippen molar-refractivity contribution in [1.29, 1.82) is 5.26 Å². The third-order valence-electron chi connectivity index (χ3n) is 5.00. The molecule has 1 atom stereocenters. The van der Waals surface area contributed by atoms with Crippen LogP contribution in [0, 0.1) is 17.2 Å². The molecular formula is C22H26Br2N2. The van der Waals surface area contributed by atoms with Gasteiger partial charge in [0.05, 0.1) is 11.5 Å². The van der Waals surface area contributed by atoms with Crippen LogP contribution in [0.2, 0.25) is 0 Å². The second-order valence-corrected chi connectivity index (χ2v) is 8.87. The molecule has 0 aliphatic heterocycles. The van der Waals surface area contributed by atoms with Gasteiger partial charge in [0.1, 0.15) is 0 Å². The predicted molar refractivity (Wildman–Crippen MR) is 116 cm³/mol. The van der Waals surface area contributed by atoms with Crippen molar-refractivity contribution in [2.75, 3.05) is 13.6 Å². The summed E-state index contributed by atoms with van der Waals surface area (Å²) in [5.74, 6) is 0.224. The predicted octanol–water partition coefficient (Wildman–Crippen LogP) is 6.54. The average Bonchev–Trinajstić information content (AvgIpc) is 2.60. The lowest BCUT2D eigenvalue weighted by atomic mass is 9.70. The van der Waals surface area contributed by atoms with E-state index in [0.717, 1.165) is 40.4 Å². The van der Waals surface area contributed by atoms with Gasteiger partial charge in [0.25, 0.3) is 0 Å². The van der Waals surface area contributed by atoms with Gasteiger partial charge in [-0.2, -0.15) is 5.26 Å². The largest absolute Gasteiger partial charge is 0.302 e. The molecule has 2 rings (SSSR count). The summed E-state index contributed by atoms with van der Waals surface area (Å²) in [4.78, 5) is 2.33. The van der Waals surface area contributed by atoms with E-state index in [0.29, 0.717) is 0 Å². The zero-order valence-electron chi connectivity index (χ0n) is 15.7. The molecule has 0 amide bonds. The minimum Gasteiger partial charge on any atom is -0.302 e. The molecular weight excluding hydrogens is 452 g/mol. The monoisotopic (exact) mass is 476 g/mol. The molecule has 26 heavy (non-hydrogen) atoms. The smallest absolute Gasteiger partial charge is 0.0867 e. The van der Waals surface area contributed by atoms with Gasteiger partial charge in [-0.3, -0.25) is 0 Å². The highest BCUT2D eigenvalue weighted by Gasteiger charge is 2.38. The molecule has 2 aromatic carbocycles. The van der Waals surface area contributed by atoms with Crippen LogP contribution in [-0.2, 0) is 12.0 Å². The summed E-state index contributed by atoms with van der Waals surface area (Å²) in [6.45, 7) is 6.18. The van der Waals surface area contributed by atoms with E-state index in [9.17, 15) is 5.26 Å². The van der Waals surface area contributed by atoms with Crippen LogP contribution < -0.4 is 0 Å². The Balaban J connectivity index is 2.11. The second-order valence-electron chi connectivity index (χ2n) is 7.16. The van der Waals surface area contributed by atoms with E-state index in [2.05, 4.69) is 88.0 Å². The molecule has 0 saturated carbocycles. The summed E-state index contributed by atoms with van der Waals surface area (Å²) in [6, 6.07) is 19.2. The van der Waals surface area contributed by atoms with Crippen LogP contribution >= 0.6 is 31.9 Å². The first kappa shape index (κ1) is 21.2. The lowest BCUT2D eigenvalue weighted by Crippen LogP contribution is -2.33. The maximum Gasteiger partial charge on any atom is 0.0867 e. The average molecular weight is 478 g/mol. The van der Waals surface area contributed by atoms with Crippen LogP contribution in [0.5, 0.6) is 0 Å². The molecule has 0 heterocycles. The van der Waals surface area contributed by atoms with Crippen LogP contribution in [0.3, 0.4) is 0 Å². The van der Waals surface area contributed by atoms with Crippen molar-refractivity contribution >= 4 is 31.9 Å². The molecule has 0 radical (unpaired) electrons. The number of hydrogen-bond donors (Lipinski definition) is 0. The highest BCUT2D eigenvalue weighted by molar-refractivity contribution is 9.11. The van der Waals surface area contributed by atoms with E-state index in [1.54, 1.807) is 0 Å². The molecule has 138 valence electrons. The maximum atomic E-state index is 10.1. The van der Waals surface area contributed by atoms with Gasteiger partial charge < -0.3 is 4.90 Å². The van der Waals surface area contributed by atoms with Crippen molar-refractivity contribution in [2.24, 2.45) is 5.92 Å². The fraction of sp³-hybridized carbons (Fsp3) is 0.409. The summed E-state index contributed by atoms with van der Waals surface area (Å²) in [5.41, 5.74) is 1.88. The molecule has 2 nitrogen and oxygen atoms in total. The zero-order valence-corrected chi connectivity index (χ0v) is 18.8. The molecule has 1 unspecified atom stereocenters. The Hall–Kier alpha value is -1.15. The highest BCUT2D eigenvalue weighted by atomic mass is 79.9. The third kappa shape index (κ3) is 4.97. The van der Waals surface area contributed by atoms with Crippen molar-refractivity contribution in [3.8, 4) is 6.07 Å². The Morgan fingerprint density at radius 1 is 1.04 bits per heavy atom. The standard InChI is InChI=1S/C22H26Br2N2/c1-17(2)22(16-25,21-19(23)11-7-12-20(21)24)13-8-14-26(3)15-18-9-5-4-6-10-18/h4-7,9-12,17H,8,13-15H2,1-3H3. The molecule has 0 aliphatic carbocycles. The fourth-order valence-corrected chi connectivity index (χ4v) is 5.18. The van der Waals surface area contributed by atoms with Gasteiger partial charge in [-0.1, -0.05) is 82.1 Å². The first-order valence-corrected chi connectivity index (χ1v) is 10.6. The van der Waals surface area contributed by atoms with E-state index >= 15 is 0 Å². The first-order chi connectivity index (χ1) is 12.4. The van der Waals surface area contributed by atoms with Crippen molar-refractivity contribution in [3.05, 3.63) is 68.6 Å². The number of nitriles is 1. The number of benzene rings is 2. The van der Waals surface area contributed by atoms with E-state index in [-0.39, 0.29) is 5.92 Å². The topological polar surface area (TPSA) is 27.0 Å². The van der Waals surface area contributed by atoms with Crippen molar-refractivity contribution in [1.82, 2.24) is 4.90 Å².